The molecule has 1 amide bonds. The van der Waals surface area contributed by atoms with Crippen molar-refractivity contribution in [1.82, 2.24) is 10.5 Å². The van der Waals surface area contributed by atoms with Crippen LogP contribution >= 0.6 is 0 Å². The summed E-state index contributed by atoms with van der Waals surface area (Å²) in [5.41, 5.74) is 2.32. The van der Waals surface area contributed by atoms with Crippen LogP contribution in [-0.2, 0) is 0 Å². The average Bonchev–Trinajstić information content (AvgIpc) is 3.19. The smallest absolute Gasteiger partial charge is 0.273 e. The first-order chi connectivity index (χ1) is 12.8. The van der Waals surface area contributed by atoms with E-state index in [1.807, 2.05) is 60.7 Å². The third-order valence-electron chi connectivity index (χ3n) is 4.33. The van der Waals surface area contributed by atoms with E-state index in [0.717, 1.165) is 12.0 Å². The first-order valence-electron chi connectivity index (χ1n) is 8.74. The molecule has 0 saturated heterocycles. The lowest BCUT2D eigenvalue weighted by Gasteiger charge is -2.16. The summed E-state index contributed by atoms with van der Waals surface area (Å²) in [5.74, 6) is 0.517. The van der Waals surface area contributed by atoms with Crippen molar-refractivity contribution < 1.29 is 14.4 Å². The number of aromatic nitrogens is 1. The number of rotatable bonds is 8. The van der Waals surface area contributed by atoms with Gasteiger partial charge in [-0.25, -0.2) is 0 Å². The number of carbonyl (C=O) groups is 1. The Morgan fingerprint density at radius 3 is 2.42 bits per heavy atom. The van der Waals surface area contributed by atoms with E-state index in [9.17, 15) is 9.90 Å². The van der Waals surface area contributed by atoms with Gasteiger partial charge in [0, 0.05) is 24.8 Å². The van der Waals surface area contributed by atoms with Gasteiger partial charge < -0.3 is 14.9 Å². The molecule has 0 spiro atoms. The highest BCUT2D eigenvalue weighted by Crippen LogP contribution is 2.23. The largest absolute Gasteiger partial charge is 0.396 e. The Labute approximate surface area is 152 Å². The topological polar surface area (TPSA) is 75.4 Å². The Balaban J connectivity index is 1.56. The maximum absolute atomic E-state index is 12.3. The van der Waals surface area contributed by atoms with Gasteiger partial charge in [-0.3, -0.25) is 4.79 Å². The van der Waals surface area contributed by atoms with Gasteiger partial charge in [0.25, 0.3) is 5.91 Å². The van der Waals surface area contributed by atoms with Crippen molar-refractivity contribution in [2.24, 2.45) is 0 Å². The number of aliphatic hydroxyl groups excluding tert-OH is 1. The maximum Gasteiger partial charge on any atom is 0.273 e. The average molecular weight is 350 g/mol. The highest BCUT2D eigenvalue weighted by molar-refractivity contribution is 5.93. The predicted molar refractivity (Wildman–Crippen MR) is 99.8 cm³/mol. The molecule has 0 bridgehead atoms. The predicted octanol–water partition coefficient (Wildman–Crippen LogP) is 3.63. The summed E-state index contributed by atoms with van der Waals surface area (Å²) in [5, 5.41) is 16.0. The lowest BCUT2D eigenvalue weighted by molar-refractivity contribution is 0.0943. The zero-order chi connectivity index (χ0) is 18.2. The maximum atomic E-state index is 12.3. The lowest BCUT2D eigenvalue weighted by Crippen LogP contribution is -2.26. The second-order valence-electron chi connectivity index (χ2n) is 6.11. The lowest BCUT2D eigenvalue weighted by atomic mass is 9.93. The number of hydrogen-bond donors (Lipinski definition) is 2. The van der Waals surface area contributed by atoms with E-state index in [0.29, 0.717) is 18.7 Å². The molecule has 0 aliphatic heterocycles. The third-order valence-corrected chi connectivity index (χ3v) is 4.33. The fourth-order valence-electron chi connectivity index (χ4n) is 2.93. The first kappa shape index (κ1) is 17.9. The zero-order valence-corrected chi connectivity index (χ0v) is 14.5. The van der Waals surface area contributed by atoms with Gasteiger partial charge in [0.1, 0.15) is 0 Å². The van der Waals surface area contributed by atoms with E-state index in [2.05, 4.69) is 10.5 Å². The van der Waals surface area contributed by atoms with Crippen molar-refractivity contribution in [3.05, 3.63) is 78.0 Å². The normalized spacial score (nSPS) is 11.9. The Morgan fingerprint density at radius 2 is 1.73 bits per heavy atom. The Bertz CT molecular complexity index is 816. The molecule has 2 aromatic carbocycles. The van der Waals surface area contributed by atoms with Gasteiger partial charge in [0.15, 0.2) is 11.5 Å². The van der Waals surface area contributed by atoms with Gasteiger partial charge in [-0.15, -0.1) is 0 Å². The molecule has 0 aliphatic carbocycles. The first-order valence-corrected chi connectivity index (χ1v) is 8.74. The van der Waals surface area contributed by atoms with E-state index in [1.165, 1.54) is 5.56 Å². The molecule has 2 N–H and O–H groups in total. The molecule has 1 unspecified atom stereocenters. The van der Waals surface area contributed by atoms with Gasteiger partial charge in [-0.05, 0) is 24.3 Å². The molecule has 1 aromatic heterocycles. The van der Waals surface area contributed by atoms with Crippen LogP contribution in [0.1, 0.15) is 34.8 Å². The van der Waals surface area contributed by atoms with Crippen LogP contribution in [0.5, 0.6) is 0 Å². The van der Waals surface area contributed by atoms with E-state index < -0.39 is 0 Å². The number of nitrogens with zero attached hydrogens (tertiary/aromatic N) is 1. The molecule has 1 heterocycles. The van der Waals surface area contributed by atoms with Crippen molar-refractivity contribution in [3.63, 3.8) is 0 Å². The van der Waals surface area contributed by atoms with Crippen LogP contribution in [0.4, 0.5) is 0 Å². The molecular weight excluding hydrogens is 328 g/mol. The fraction of sp³-hybridized carbons (Fsp3) is 0.238. The van der Waals surface area contributed by atoms with Gasteiger partial charge >= 0.3 is 0 Å². The molecule has 3 rings (SSSR count). The molecule has 0 fully saturated rings. The highest BCUT2D eigenvalue weighted by Gasteiger charge is 2.15. The van der Waals surface area contributed by atoms with E-state index in [1.54, 1.807) is 6.07 Å². The molecule has 5 nitrogen and oxygen atoms in total. The zero-order valence-electron chi connectivity index (χ0n) is 14.5. The number of amides is 1. The molecule has 134 valence electrons. The Hall–Kier alpha value is -2.92. The molecule has 0 saturated carbocycles. The summed E-state index contributed by atoms with van der Waals surface area (Å²) < 4.78 is 5.26. The van der Waals surface area contributed by atoms with Crippen LogP contribution in [-0.4, -0.2) is 29.3 Å². The Morgan fingerprint density at radius 1 is 1.04 bits per heavy atom. The van der Waals surface area contributed by atoms with Crippen molar-refractivity contribution in [2.45, 2.75) is 18.8 Å². The van der Waals surface area contributed by atoms with Crippen LogP contribution in [0.3, 0.4) is 0 Å². The van der Waals surface area contributed by atoms with E-state index >= 15 is 0 Å². The summed E-state index contributed by atoms with van der Waals surface area (Å²) in [6, 6.07) is 21.2. The SMILES string of the molecule is O=C(NCCC(CCO)c1ccccc1)c1cc(-c2ccccc2)on1. The summed E-state index contributed by atoms with van der Waals surface area (Å²) >= 11 is 0. The quantitative estimate of drug-likeness (QED) is 0.650. The van der Waals surface area contributed by atoms with Crippen LogP contribution in [0.15, 0.2) is 71.3 Å². The monoisotopic (exact) mass is 350 g/mol. The second kappa shape index (κ2) is 8.97. The number of carbonyl (C=O) groups excluding carboxylic acids is 1. The van der Waals surface area contributed by atoms with Crippen LogP contribution in [0.2, 0.25) is 0 Å². The van der Waals surface area contributed by atoms with Crippen molar-refractivity contribution >= 4 is 5.91 Å². The minimum Gasteiger partial charge on any atom is -0.396 e. The molecule has 26 heavy (non-hydrogen) atoms. The Kier molecular flexibility index (Phi) is 6.17. The van der Waals surface area contributed by atoms with Crippen LogP contribution < -0.4 is 5.32 Å². The van der Waals surface area contributed by atoms with Gasteiger partial charge in [-0.1, -0.05) is 65.8 Å². The van der Waals surface area contributed by atoms with Crippen LogP contribution in [0.25, 0.3) is 11.3 Å². The van der Waals surface area contributed by atoms with Gasteiger partial charge in [0.2, 0.25) is 0 Å². The minimum atomic E-state index is -0.258. The van der Waals surface area contributed by atoms with E-state index in [-0.39, 0.29) is 24.1 Å². The molecule has 1 atom stereocenters. The molecule has 5 heteroatoms. The van der Waals surface area contributed by atoms with Crippen molar-refractivity contribution in [3.8, 4) is 11.3 Å². The molecule has 0 radical (unpaired) electrons. The third kappa shape index (κ3) is 4.58. The number of nitrogens with one attached hydrogen (secondary N) is 1. The summed E-state index contributed by atoms with van der Waals surface area (Å²) in [6.07, 6.45) is 1.42. The fourth-order valence-corrected chi connectivity index (χ4v) is 2.93. The molecular formula is C21H22N2O3. The highest BCUT2D eigenvalue weighted by atomic mass is 16.5. The second-order valence-corrected chi connectivity index (χ2v) is 6.11. The van der Waals surface area contributed by atoms with E-state index in [4.69, 9.17) is 4.52 Å². The van der Waals surface area contributed by atoms with Gasteiger partial charge in [0.05, 0.1) is 0 Å². The molecule has 3 aromatic rings. The minimum absolute atomic E-state index is 0.122. The standard InChI is InChI=1S/C21H22N2O3/c24-14-12-17(16-7-3-1-4-8-16)11-13-22-21(25)19-15-20(26-23-19)18-9-5-2-6-10-18/h1-10,15,17,24H,11-14H2,(H,22,25). The summed E-state index contributed by atoms with van der Waals surface area (Å²) in [4.78, 5) is 12.3. The number of hydrogen-bond acceptors (Lipinski definition) is 4. The molecule has 0 aliphatic rings. The van der Waals surface area contributed by atoms with Crippen LogP contribution in [0, 0.1) is 0 Å². The van der Waals surface area contributed by atoms with Crippen molar-refractivity contribution in [2.75, 3.05) is 13.2 Å². The summed E-state index contributed by atoms with van der Waals surface area (Å²) in [7, 11) is 0. The number of benzene rings is 2. The summed E-state index contributed by atoms with van der Waals surface area (Å²) in [6.45, 7) is 0.628. The van der Waals surface area contributed by atoms with Gasteiger partial charge in [-0.2, -0.15) is 0 Å². The van der Waals surface area contributed by atoms with Crippen molar-refractivity contribution in [1.29, 1.82) is 0 Å². The number of aliphatic hydroxyl groups is 1.